The predicted molar refractivity (Wildman–Crippen MR) is 132 cm³/mol. The molecule has 7 atom stereocenters. The van der Waals surface area contributed by atoms with Crippen LogP contribution in [0.1, 0.15) is 104 Å². The number of Topliss-reactive ketones (excluding diaryl/α,β-unsaturated/α-hetero) is 1. The number of aliphatic hydroxyl groups excluding tert-OH is 1. The standard InChI is InChI=1S/C29H44O6/c1-4-5-6-7-8-9-25(33)35-18-24(32)29(34)15-13-22-21-11-10-19-16-20(30)12-14-27(19,2)26(21)23(31)17-28(22,29)3/h16,21-23,26,31,34H,4-15,17-18H2,1-3H3/t21?,22?,23?,26?,27-,28-,29-/m0/s1. The van der Waals surface area contributed by atoms with Crippen LogP contribution in [0.3, 0.4) is 0 Å². The van der Waals surface area contributed by atoms with Gasteiger partial charge in [-0.25, -0.2) is 0 Å². The topological polar surface area (TPSA) is 101 Å². The number of allylic oxidation sites excluding steroid dienone is 1. The second kappa shape index (κ2) is 10.1. The monoisotopic (exact) mass is 488 g/mol. The first-order chi connectivity index (χ1) is 16.6. The molecule has 4 aliphatic rings. The van der Waals surface area contributed by atoms with Crippen molar-refractivity contribution in [3.63, 3.8) is 0 Å². The van der Waals surface area contributed by atoms with Crippen molar-refractivity contribution in [2.75, 3.05) is 6.61 Å². The molecule has 0 aromatic carbocycles. The average molecular weight is 489 g/mol. The number of rotatable bonds is 9. The first kappa shape index (κ1) is 26.5. The van der Waals surface area contributed by atoms with Crippen LogP contribution in [-0.4, -0.2) is 46.1 Å². The van der Waals surface area contributed by atoms with Gasteiger partial charge in [-0.1, -0.05) is 52.0 Å². The SMILES string of the molecule is CCCCCCCC(=O)OCC(=O)[C@@]1(O)CCC2C3CCC4=CC(=O)CC[C@]4(C)C3C(O)C[C@@]21C. The van der Waals surface area contributed by atoms with Gasteiger partial charge < -0.3 is 14.9 Å². The number of carbonyl (C=O) groups is 3. The highest BCUT2D eigenvalue weighted by Crippen LogP contribution is 2.67. The summed E-state index contributed by atoms with van der Waals surface area (Å²) in [6, 6.07) is 0. The molecular formula is C29H44O6. The highest BCUT2D eigenvalue weighted by molar-refractivity contribution is 5.92. The van der Waals surface area contributed by atoms with Crippen molar-refractivity contribution in [3.8, 4) is 0 Å². The minimum atomic E-state index is -1.59. The minimum absolute atomic E-state index is 0.0386. The second-order valence-corrected chi connectivity index (χ2v) is 12.2. The number of hydrogen-bond donors (Lipinski definition) is 2. The van der Waals surface area contributed by atoms with Gasteiger partial charge in [0.2, 0.25) is 5.78 Å². The summed E-state index contributed by atoms with van der Waals surface area (Å²) in [5, 5.41) is 23.2. The fourth-order valence-corrected chi connectivity index (χ4v) is 8.36. The van der Waals surface area contributed by atoms with Gasteiger partial charge in [0.05, 0.1) is 6.10 Å². The largest absolute Gasteiger partial charge is 0.458 e. The van der Waals surface area contributed by atoms with Gasteiger partial charge in [0.25, 0.3) is 0 Å². The maximum atomic E-state index is 13.3. The summed E-state index contributed by atoms with van der Waals surface area (Å²) < 4.78 is 5.29. The number of carbonyl (C=O) groups excluding carboxylic acids is 3. The van der Waals surface area contributed by atoms with Crippen LogP contribution in [0.2, 0.25) is 0 Å². The highest BCUT2D eigenvalue weighted by atomic mass is 16.5. The molecule has 0 aliphatic heterocycles. The fraction of sp³-hybridized carbons (Fsp3) is 0.828. The molecule has 0 radical (unpaired) electrons. The molecule has 2 N–H and O–H groups in total. The maximum absolute atomic E-state index is 13.3. The van der Waals surface area contributed by atoms with Gasteiger partial charge in [-0.15, -0.1) is 0 Å². The van der Waals surface area contributed by atoms with Crippen LogP contribution in [0.5, 0.6) is 0 Å². The zero-order valence-corrected chi connectivity index (χ0v) is 21.8. The Balaban J connectivity index is 1.43. The zero-order chi connectivity index (χ0) is 25.4. The van der Waals surface area contributed by atoms with E-state index in [2.05, 4.69) is 13.8 Å². The molecule has 0 bridgehead atoms. The summed E-state index contributed by atoms with van der Waals surface area (Å²) in [5.74, 6) is -0.271. The zero-order valence-electron chi connectivity index (χ0n) is 21.8. The molecule has 35 heavy (non-hydrogen) atoms. The Morgan fingerprint density at radius 2 is 1.83 bits per heavy atom. The van der Waals surface area contributed by atoms with E-state index in [1.807, 2.05) is 13.0 Å². The Labute approximate surface area is 209 Å². The summed E-state index contributed by atoms with van der Waals surface area (Å²) in [6.45, 7) is 5.90. The van der Waals surface area contributed by atoms with E-state index in [0.717, 1.165) is 57.8 Å². The van der Waals surface area contributed by atoms with Crippen LogP contribution in [-0.2, 0) is 19.1 Å². The van der Waals surface area contributed by atoms with E-state index in [1.54, 1.807) is 0 Å². The third kappa shape index (κ3) is 4.54. The summed E-state index contributed by atoms with van der Waals surface area (Å²) in [7, 11) is 0. The van der Waals surface area contributed by atoms with Gasteiger partial charge >= 0.3 is 5.97 Å². The first-order valence-electron chi connectivity index (χ1n) is 13.9. The number of ether oxygens (including phenoxy) is 1. The number of unbranched alkanes of at least 4 members (excludes halogenated alkanes) is 4. The lowest BCUT2D eigenvalue weighted by molar-refractivity contribution is -0.184. The Bertz CT molecular complexity index is 878. The number of fused-ring (bicyclic) bond motifs is 5. The quantitative estimate of drug-likeness (QED) is 0.361. The van der Waals surface area contributed by atoms with Gasteiger partial charge in [-0.3, -0.25) is 14.4 Å². The summed E-state index contributed by atoms with van der Waals surface area (Å²) in [6.07, 6.45) is 11.0. The van der Waals surface area contributed by atoms with Crippen LogP contribution in [0.4, 0.5) is 0 Å². The molecule has 0 amide bonds. The van der Waals surface area contributed by atoms with Crippen LogP contribution in [0.25, 0.3) is 0 Å². The third-order valence-electron chi connectivity index (χ3n) is 10.4. The summed E-state index contributed by atoms with van der Waals surface area (Å²) in [5.41, 5.74) is -1.37. The Morgan fingerprint density at radius 1 is 1.09 bits per heavy atom. The normalized spacial score (nSPS) is 40.4. The first-order valence-corrected chi connectivity index (χ1v) is 13.9. The van der Waals surface area contributed by atoms with E-state index in [4.69, 9.17) is 4.74 Å². The highest BCUT2D eigenvalue weighted by Gasteiger charge is 2.68. The smallest absolute Gasteiger partial charge is 0.306 e. The molecule has 0 aromatic heterocycles. The number of ketones is 2. The molecule has 3 saturated carbocycles. The Kier molecular flexibility index (Phi) is 7.64. The Morgan fingerprint density at radius 3 is 2.57 bits per heavy atom. The van der Waals surface area contributed by atoms with Crippen LogP contribution < -0.4 is 0 Å². The predicted octanol–water partition coefficient (Wildman–Crippen LogP) is 4.69. The van der Waals surface area contributed by atoms with Crippen molar-refractivity contribution in [1.29, 1.82) is 0 Å². The molecule has 0 saturated heterocycles. The summed E-state index contributed by atoms with van der Waals surface area (Å²) in [4.78, 5) is 37.5. The Hall–Kier alpha value is -1.53. The molecular weight excluding hydrogens is 444 g/mol. The van der Waals surface area contributed by atoms with Crippen molar-refractivity contribution in [3.05, 3.63) is 11.6 Å². The molecule has 4 unspecified atom stereocenters. The van der Waals surface area contributed by atoms with Gasteiger partial charge in [0, 0.05) is 18.3 Å². The molecule has 0 spiro atoms. The number of hydrogen-bond acceptors (Lipinski definition) is 6. The lowest BCUT2D eigenvalue weighted by atomic mass is 9.45. The van der Waals surface area contributed by atoms with Crippen LogP contribution >= 0.6 is 0 Å². The van der Waals surface area contributed by atoms with Gasteiger partial charge in [0.15, 0.2) is 12.4 Å². The van der Waals surface area contributed by atoms with Gasteiger partial charge in [0.1, 0.15) is 5.60 Å². The number of aliphatic hydroxyl groups is 2. The lowest BCUT2D eigenvalue weighted by Crippen LogP contribution is -2.62. The third-order valence-corrected chi connectivity index (χ3v) is 10.4. The lowest BCUT2D eigenvalue weighted by Gasteiger charge is -2.60. The molecule has 6 heteroatoms. The molecule has 6 nitrogen and oxygen atoms in total. The minimum Gasteiger partial charge on any atom is -0.458 e. The van der Waals surface area contributed by atoms with E-state index in [1.165, 1.54) is 5.57 Å². The average Bonchev–Trinajstić information content (AvgIpc) is 3.08. The van der Waals surface area contributed by atoms with Crippen molar-refractivity contribution >= 4 is 17.5 Å². The molecule has 3 fully saturated rings. The maximum Gasteiger partial charge on any atom is 0.306 e. The summed E-state index contributed by atoms with van der Waals surface area (Å²) >= 11 is 0. The fourth-order valence-electron chi connectivity index (χ4n) is 8.36. The van der Waals surface area contributed by atoms with Gasteiger partial charge in [-0.05, 0) is 74.2 Å². The van der Waals surface area contributed by atoms with E-state index < -0.39 is 29.5 Å². The van der Waals surface area contributed by atoms with E-state index in [0.29, 0.717) is 25.7 Å². The van der Waals surface area contributed by atoms with Crippen LogP contribution in [0.15, 0.2) is 11.6 Å². The second-order valence-electron chi connectivity index (χ2n) is 12.2. The van der Waals surface area contributed by atoms with E-state index in [9.17, 15) is 24.6 Å². The molecule has 0 heterocycles. The van der Waals surface area contributed by atoms with E-state index >= 15 is 0 Å². The molecule has 0 aromatic rings. The van der Waals surface area contributed by atoms with E-state index in [-0.39, 0.29) is 34.9 Å². The van der Waals surface area contributed by atoms with Crippen molar-refractivity contribution in [2.45, 2.75) is 116 Å². The number of esters is 1. The van der Waals surface area contributed by atoms with Crippen molar-refractivity contribution in [1.82, 2.24) is 0 Å². The van der Waals surface area contributed by atoms with Gasteiger partial charge in [-0.2, -0.15) is 0 Å². The van der Waals surface area contributed by atoms with Crippen molar-refractivity contribution < 1.29 is 29.3 Å². The van der Waals surface area contributed by atoms with Crippen LogP contribution in [0, 0.1) is 28.6 Å². The molecule has 4 aliphatic carbocycles. The molecule has 196 valence electrons. The molecule has 4 rings (SSSR count). The van der Waals surface area contributed by atoms with Crippen molar-refractivity contribution in [2.24, 2.45) is 28.6 Å².